The summed E-state index contributed by atoms with van der Waals surface area (Å²) in [6, 6.07) is 18.1. The third-order valence-electron chi connectivity index (χ3n) is 3.17. The molecule has 2 aromatic rings. The molecule has 0 atom stereocenters. The Hall–Kier alpha value is -0.314. The molecule has 88 valence electrons. The van der Waals surface area contributed by atoms with Gasteiger partial charge in [-0.05, 0) is 0 Å². The molecule has 2 heteroatoms. The molecule has 0 saturated carbocycles. The van der Waals surface area contributed by atoms with E-state index < -0.39 is 43.5 Å². The fraction of sp³-hybridized carbons (Fsp3) is 0. The van der Waals surface area contributed by atoms with Crippen LogP contribution in [0.1, 0.15) is 0 Å². The second kappa shape index (κ2) is 5.36. The van der Waals surface area contributed by atoms with Crippen molar-refractivity contribution in [3.63, 3.8) is 0 Å². The molecule has 1 heterocycles. The summed E-state index contributed by atoms with van der Waals surface area (Å²) >= 11 is -3.81. The summed E-state index contributed by atoms with van der Waals surface area (Å²) in [6.45, 7) is 8.24. The van der Waals surface area contributed by atoms with Crippen LogP contribution in [0.5, 0.6) is 0 Å². The van der Waals surface area contributed by atoms with E-state index in [2.05, 4.69) is 69.3 Å². The van der Waals surface area contributed by atoms with Crippen LogP contribution in [0.25, 0.3) is 0 Å². The summed E-state index contributed by atoms with van der Waals surface area (Å²) in [5.41, 5.74) is 0. The Morgan fingerprint density at radius 3 is 1.11 bits per heavy atom. The van der Waals surface area contributed by atoms with Gasteiger partial charge in [-0.25, -0.2) is 0 Å². The monoisotopic (exact) mass is 624 g/mol. The second-order valence-electron chi connectivity index (χ2n) is 4.08. The minimum absolute atomic E-state index is 1.65. The SMILES string of the molecule is C=[CH][Bi]1[c]2cccc[c]2[Bi]([CH]=C)[c]2cccc[c]21. The molecule has 0 unspecified atom stereocenters. The minimum atomic E-state index is -1.90. The van der Waals surface area contributed by atoms with Crippen molar-refractivity contribution in [2.24, 2.45) is 0 Å². The Balaban J connectivity index is 2.31. The van der Waals surface area contributed by atoms with Gasteiger partial charge in [-0.3, -0.25) is 0 Å². The number of fused-ring (bicyclic) bond motifs is 2. The van der Waals surface area contributed by atoms with Crippen molar-refractivity contribution < 1.29 is 0 Å². The van der Waals surface area contributed by atoms with Crippen LogP contribution in [-0.2, 0) is 0 Å². The Morgan fingerprint density at radius 2 is 0.889 bits per heavy atom. The summed E-state index contributed by atoms with van der Waals surface area (Å²) in [5.74, 6) is 0. The summed E-state index contributed by atoms with van der Waals surface area (Å²) in [6.07, 6.45) is 0. The third-order valence-corrected chi connectivity index (χ3v) is 26.0. The van der Waals surface area contributed by atoms with Gasteiger partial charge in [-0.2, -0.15) is 0 Å². The molecule has 0 nitrogen and oxygen atoms in total. The van der Waals surface area contributed by atoms with Crippen LogP contribution >= 0.6 is 0 Å². The molecule has 3 rings (SSSR count). The number of rotatable bonds is 2. The van der Waals surface area contributed by atoms with Crippen LogP contribution in [0, 0.1) is 0 Å². The van der Waals surface area contributed by atoms with Gasteiger partial charge < -0.3 is 0 Å². The van der Waals surface area contributed by atoms with E-state index >= 15 is 0 Å². The van der Waals surface area contributed by atoms with E-state index in [4.69, 9.17) is 0 Å². The van der Waals surface area contributed by atoms with E-state index in [9.17, 15) is 0 Å². The van der Waals surface area contributed by atoms with Crippen LogP contribution in [0.15, 0.2) is 69.3 Å². The molecule has 0 saturated heterocycles. The van der Waals surface area contributed by atoms with E-state index in [1.54, 1.807) is 13.1 Å². The van der Waals surface area contributed by atoms with Crippen molar-refractivity contribution in [3.05, 3.63) is 69.3 Å². The van der Waals surface area contributed by atoms with Crippen LogP contribution in [0.2, 0.25) is 0 Å². The zero-order valence-electron chi connectivity index (χ0n) is 10.1. The molecule has 0 bridgehead atoms. The van der Waals surface area contributed by atoms with E-state index in [1.807, 2.05) is 0 Å². The first kappa shape index (κ1) is 12.7. The van der Waals surface area contributed by atoms with Crippen LogP contribution in [0.4, 0.5) is 0 Å². The normalized spacial score (nSPS) is 14.7. The first-order valence-electron chi connectivity index (χ1n) is 5.88. The van der Waals surface area contributed by atoms with E-state index in [-0.39, 0.29) is 0 Å². The standard InChI is InChI=1S/2C6H4.2C2H3.2Bi/c2*1-2-4-6-5-3-1;2*1-2;;/h2*1-4H;2*1H,2H2;;. The summed E-state index contributed by atoms with van der Waals surface area (Å²) in [7, 11) is 0. The topological polar surface area (TPSA) is 0 Å². The van der Waals surface area contributed by atoms with Crippen molar-refractivity contribution in [2.45, 2.75) is 0 Å². The van der Waals surface area contributed by atoms with E-state index in [0.29, 0.717) is 0 Å². The van der Waals surface area contributed by atoms with Crippen LogP contribution < -0.4 is 13.1 Å². The Morgan fingerprint density at radius 1 is 0.611 bits per heavy atom. The van der Waals surface area contributed by atoms with Gasteiger partial charge in [0.2, 0.25) is 0 Å². The van der Waals surface area contributed by atoms with Gasteiger partial charge in [0.25, 0.3) is 0 Å². The molecular weight excluding hydrogens is 610 g/mol. The molecule has 0 aromatic heterocycles. The zero-order chi connectivity index (χ0) is 12.5. The van der Waals surface area contributed by atoms with Crippen molar-refractivity contribution in [2.75, 3.05) is 0 Å². The molecule has 18 heavy (non-hydrogen) atoms. The van der Waals surface area contributed by atoms with Gasteiger partial charge in [0.1, 0.15) is 0 Å². The van der Waals surface area contributed by atoms with Crippen molar-refractivity contribution in [1.82, 2.24) is 0 Å². The molecule has 2 aromatic carbocycles. The Kier molecular flexibility index (Phi) is 3.78. The Labute approximate surface area is 124 Å². The van der Waals surface area contributed by atoms with Gasteiger partial charge in [-0.15, -0.1) is 0 Å². The van der Waals surface area contributed by atoms with Gasteiger partial charge in [0.15, 0.2) is 0 Å². The summed E-state index contributed by atoms with van der Waals surface area (Å²) in [5, 5.41) is 0. The van der Waals surface area contributed by atoms with Gasteiger partial charge >= 0.3 is 126 Å². The molecule has 0 amide bonds. The maximum absolute atomic E-state index is 4.12. The zero-order valence-corrected chi connectivity index (χ0v) is 17.0. The molecule has 0 radical (unpaired) electrons. The molecular formula is C16H14Bi2. The number of benzene rings is 2. The first-order chi connectivity index (χ1) is 8.86. The molecule has 1 aliphatic heterocycles. The summed E-state index contributed by atoms with van der Waals surface area (Å²) < 4.78 is 11.2. The van der Waals surface area contributed by atoms with Crippen molar-refractivity contribution in [1.29, 1.82) is 0 Å². The van der Waals surface area contributed by atoms with Gasteiger partial charge in [0, 0.05) is 0 Å². The Bertz CT molecular complexity index is 514. The molecule has 1 aliphatic rings. The average molecular weight is 624 g/mol. The number of hydrogen-bond donors (Lipinski definition) is 0. The average Bonchev–Trinajstić information content (AvgIpc) is 2.44. The number of hydrogen-bond acceptors (Lipinski definition) is 0. The third kappa shape index (κ3) is 1.95. The fourth-order valence-corrected chi connectivity index (χ4v) is 31.0. The predicted molar refractivity (Wildman–Crippen MR) is 83.3 cm³/mol. The first-order valence-corrected chi connectivity index (χ1v) is 16.9. The van der Waals surface area contributed by atoms with E-state index in [0.717, 1.165) is 0 Å². The maximum atomic E-state index is 4.12. The molecule has 0 fully saturated rings. The fourth-order valence-electron chi connectivity index (χ4n) is 2.40. The molecule has 0 spiro atoms. The van der Waals surface area contributed by atoms with Crippen molar-refractivity contribution >= 4 is 56.6 Å². The van der Waals surface area contributed by atoms with Gasteiger partial charge in [-0.1, -0.05) is 0 Å². The second-order valence-corrected chi connectivity index (χ2v) is 20.2. The quantitative estimate of drug-likeness (QED) is 0.432. The van der Waals surface area contributed by atoms with Crippen LogP contribution in [-0.4, -0.2) is 43.5 Å². The van der Waals surface area contributed by atoms with E-state index in [1.165, 1.54) is 0 Å². The molecule has 0 aliphatic carbocycles. The van der Waals surface area contributed by atoms with Crippen LogP contribution in [0.3, 0.4) is 0 Å². The molecule has 0 N–H and O–H groups in total. The summed E-state index contributed by atoms with van der Waals surface area (Å²) in [4.78, 5) is 0. The van der Waals surface area contributed by atoms with Gasteiger partial charge in [0.05, 0.1) is 0 Å². The van der Waals surface area contributed by atoms with Crippen molar-refractivity contribution in [3.8, 4) is 0 Å². The predicted octanol–water partition coefficient (Wildman–Crippen LogP) is 0.668.